The fourth-order valence-corrected chi connectivity index (χ4v) is 2.83. The van der Waals surface area contributed by atoms with Gasteiger partial charge in [-0.1, -0.05) is 27.5 Å². The van der Waals surface area contributed by atoms with Crippen molar-refractivity contribution in [3.05, 3.63) is 33.3 Å². The van der Waals surface area contributed by atoms with Gasteiger partial charge < -0.3 is 5.32 Å². The molecule has 1 saturated heterocycles. The third-order valence-electron chi connectivity index (χ3n) is 3.06. The molecule has 0 aliphatic carbocycles. The number of hydrogen-bond acceptors (Lipinski definition) is 2. The summed E-state index contributed by atoms with van der Waals surface area (Å²) in [4.78, 5) is 2.16. The van der Waals surface area contributed by atoms with Gasteiger partial charge in [0.1, 0.15) is 6.67 Å². The molecule has 0 amide bonds. The molecule has 0 bridgehead atoms. The van der Waals surface area contributed by atoms with Crippen LogP contribution in [0.2, 0.25) is 5.02 Å². The van der Waals surface area contributed by atoms with Crippen molar-refractivity contribution < 1.29 is 4.39 Å². The molecule has 1 heterocycles. The van der Waals surface area contributed by atoms with E-state index in [9.17, 15) is 4.39 Å². The molecule has 1 aliphatic heterocycles. The van der Waals surface area contributed by atoms with Crippen LogP contribution in [0.15, 0.2) is 22.7 Å². The van der Waals surface area contributed by atoms with Gasteiger partial charge in [0.05, 0.1) is 6.04 Å². The van der Waals surface area contributed by atoms with Gasteiger partial charge in [0.25, 0.3) is 0 Å². The molecular formula is C12H17BrCl3FN2. The molecule has 0 radical (unpaired) electrons. The van der Waals surface area contributed by atoms with E-state index in [0.717, 1.165) is 36.2 Å². The van der Waals surface area contributed by atoms with Crippen LogP contribution in [0.4, 0.5) is 4.39 Å². The standard InChI is InChI=1S/C12H15BrClFN2.2ClH/c13-11-2-1-9(14)7-10(11)12(8-15)17-5-3-16-4-6-17;;/h1-2,7,12,16H,3-6,8H2;2*1H/t12-;;/m1../s1. The predicted molar refractivity (Wildman–Crippen MR) is 86.8 cm³/mol. The van der Waals surface area contributed by atoms with Gasteiger partial charge in [-0.15, -0.1) is 24.8 Å². The lowest BCUT2D eigenvalue weighted by Gasteiger charge is -2.34. The van der Waals surface area contributed by atoms with E-state index in [1.54, 1.807) is 0 Å². The highest BCUT2D eigenvalue weighted by Crippen LogP contribution is 2.30. The summed E-state index contributed by atoms with van der Waals surface area (Å²) < 4.78 is 14.2. The predicted octanol–water partition coefficient (Wildman–Crippen LogP) is 3.86. The Balaban J connectivity index is 0.00000162. The van der Waals surface area contributed by atoms with E-state index in [-0.39, 0.29) is 37.5 Å². The molecule has 1 aliphatic rings. The summed E-state index contributed by atoms with van der Waals surface area (Å²) in [6, 6.07) is 5.33. The van der Waals surface area contributed by atoms with Crippen LogP contribution in [0.1, 0.15) is 11.6 Å². The van der Waals surface area contributed by atoms with Crippen molar-refractivity contribution in [2.75, 3.05) is 32.9 Å². The zero-order valence-electron chi connectivity index (χ0n) is 10.2. The second kappa shape index (κ2) is 9.37. The van der Waals surface area contributed by atoms with E-state index in [1.807, 2.05) is 18.2 Å². The minimum atomic E-state index is -0.390. The lowest BCUT2D eigenvalue weighted by atomic mass is 10.1. The Hall–Kier alpha value is 0.420. The Morgan fingerprint density at radius 1 is 1.32 bits per heavy atom. The molecule has 0 spiro atoms. The summed E-state index contributed by atoms with van der Waals surface area (Å²) in [5.41, 5.74) is 0.932. The number of rotatable bonds is 3. The summed E-state index contributed by atoms with van der Waals surface area (Å²) in [6.45, 7) is 3.17. The first-order valence-corrected chi connectivity index (χ1v) is 6.85. The van der Waals surface area contributed by atoms with E-state index in [4.69, 9.17) is 11.6 Å². The Bertz CT molecular complexity index is 389. The number of alkyl halides is 1. The van der Waals surface area contributed by atoms with Crippen LogP contribution in [-0.2, 0) is 0 Å². The molecule has 7 heteroatoms. The number of nitrogens with zero attached hydrogens (tertiary/aromatic N) is 1. The molecule has 2 nitrogen and oxygen atoms in total. The quantitative estimate of drug-likeness (QED) is 0.837. The molecule has 2 rings (SSSR count). The summed E-state index contributed by atoms with van der Waals surface area (Å²) in [6.07, 6.45) is 0. The second-order valence-corrected chi connectivity index (χ2v) is 5.41. The summed E-state index contributed by atoms with van der Waals surface area (Å²) in [5, 5.41) is 3.92. The number of halogens is 5. The Kier molecular flexibility index (Phi) is 9.58. The highest BCUT2D eigenvalue weighted by Gasteiger charge is 2.23. The number of benzene rings is 1. The number of piperazine rings is 1. The van der Waals surface area contributed by atoms with Crippen LogP contribution < -0.4 is 5.32 Å². The van der Waals surface area contributed by atoms with Crippen molar-refractivity contribution >= 4 is 52.3 Å². The van der Waals surface area contributed by atoms with Crippen molar-refractivity contribution in [2.24, 2.45) is 0 Å². The molecule has 1 aromatic carbocycles. The number of nitrogens with one attached hydrogen (secondary N) is 1. The molecular weight excluding hydrogens is 377 g/mol. The van der Waals surface area contributed by atoms with Gasteiger partial charge in [-0.25, -0.2) is 4.39 Å². The topological polar surface area (TPSA) is 15.3 Å². The lowest BCUT2D eigenvalue weighted by Crippen LogP contribution is -2.45. The van der Waals surface area contributed by atoms with Gasteiger partial charge in [0.2, 0.25) is 0 Å². The normalized spacial score (nSPS) is 17.2. The minimum Gasteiger partial charge on any atom is -0.314 e. The van der Waals surface area contributed by atoms with Crippen LogP contribution in [0.3, 0.4) is 0 Å². The van der Waals surface area contributed by atoms with E-state index >= 15 is 0 Å². The minimum absolute atomic E-state index is 0. The van der Waals surface area contributed by atoms with Crippen molar-refractivity contribution in [1.29, 1.82) is 0 Å². The molecule has 110 valence electrons. The van der Waals surface area contributed by atoms with E-state index in [0.29, 0.717) is 5.02 Å². The lowest BCUT2D eigenvalue weighted by molar-refractivity contribution is 0.147. The maximum absolute atomic E-state index is 13.3. The average Bonchev–Trinajstić information content (AvgIpc) is 2.36. The SMILES string of the molecule is Cl.Cl.FC[C@H](c1cc(Cl)ccc1Br)N1CCNCC1. The van der Waals surface area contributed by atoms with E-state index < -0.39 is 0 Å². The molecule has 1 aromatic rings. The van der Waals surface area contributed by atoms with Gasteiger partial charge in [0.15, 0.2) is 0 Å². The molecule has 0 saturated carbocycles. The smallest absolute Gasteiger partial charge is 0.109 e. The fraction of sp³-hybridized carbons (Fsp3) is 0.500. The first kappa shape index (κ1) is 19.4. The monoisotopic (exact) mass is 392 g/mol. The van der Waals surface area contributed by atoms with Gasteiger partial charge in [-0.2, -0.15) is 0 Å². The van der Waals surface area contributed by atoms with Crippen LogP contribution in [0.25, 0.3) is 0 Å². The molecule has 19 heavy (non-hydrogen) atoms. The fourth-order valence-electron chi connectivity index (χ4n) is 2.14. The third-order valence-corrected chi connectivity index (χ3v) is 4.01. The third kappa shape index (κ3) is 5.03. The Labute approximate surface area is 139 Å². The maximum Gasteiger partial charge on any atom is 0.109 e. The summed E-state index contributed by atoms with van der Waals surface area (Å²) in [5.74, 6) is 0. The molecule has 0 aromatic heterocycles. The van der Waals surface area contributed by atoms with Gasteiger partial charge in [0, 0.05) is 35.7 Å². The van der Waals surface area contributed by atoms with Crippen LogP contribution in [-0.4, -0.2) is 37.8 Å². The largest absolute Gasteiger partial charge is 0.314 e. The van der Waals surface area contributed by atoms with Crippen LogP contribution in [0.5, 0.6) is 0 Å². The van der Waals surface area contributed by atoms with Crippen LogP contribution in [0, 0.1) is 0 Å². The van der Waals surface area contributed by atoms with E-state index in [2.05, 4.69) is 26.1 Å². The highest BCUT2D eigenvalue weighted by atomic mass is 79.9. The zero-order valence-corrected chi connectivity index (χ0v) is 14.2. The van der Waals surface area contributed by atoms with Crippen molar-refractivity contribution in [2.45, 2.75) is 6.04 Å². The molecule has 1 atom stereocenters. The van der Waals surface area contributed by atoms with Crippen molar-refractivity contribution in [3.63, 3.8) is 0 Å². The molecule has 1 N–H and O–H groups in total. The average molecular weight is 395 g/mol. The van der Waals surface area contributed by atoms with Crippen LogP contribution >= 0.6 is 52.3 Å². The molecule has 1 fully saturated rings. The van der Waals surface area contributed by atoms with Gasteiger partial charge in [-0.05, 0) is 23.8 Å². The first-order chi connectivity index (χ1) is 8.22. The van der Waals surface area contributed by atoms with Gasteiger partial charge >= 0.3 is 0 Å². The second-order valence-electron chi connectivity index (χ2n) is 4.12. The maximum atomic E-state index is 13.3. The number of hydrogen-bond donors (Lipinski definition) is 1. The van der Waals surface area contributed by atoms with Crippen molar-refractivity contribution in [1.82, 2.24) is 10.2 Å². The Morgan fingerprint density at radius 3 is 2.53 bits per heavy atom. The van der Waals surface area contributed by atoms with Gasteiger partial charge in [-0.3, -0.25) is 4.90 Å². The van der Waals surface area contributed by atoms with Crippen molar-refractivity contribution in [3.8, 4) is 0 Å². The van der Waals surface area contributed by atoms with E-state index in [1.165, 1.54) is 0 Å². The Morgan fingerprint density at radius 2 is 1.95 bits per heavy atom. The molecule has 0 unspecified atom stereocenters. The first-order valence-electron chi connectivity index (χ1n) is 5.68. The summed E-state index contributed by atoms with van der Waals surface area (Å²) in [7, 11) is 0. The summed E-state index contributed by atoms with van der Waals surface area (Å²) >= 11 is 9.45. The highest BCUT2D eigenvalue weighted by molar-refractivity contribution is 9.10. The zero-order chi connectivity index (χ0) is 12.3.